The lowest BCUT2D eigenvalue weighted by molar-refractivity contribution is 1.35. The van der Waals surface area contributed by atoms with Gasteiger partial charge in [0.2, 0.25) is 0 Å². The third-order valence-electron chi connectivity index (χ3n) is 0.349. The first-order valence-corrected chi connectivity index (χ1v) is 3.56. The van der Waals surface area contributed by atoms with Crippen LogP contribution >= 0.6 is 38.5 Å². The van der Waals surface area contributed by atoms with E-state index in [-0.39, 0.29) is 0 Å². The van der Waals surface area contributed by atoms with Crippen molar-refractivity contribution in [1.82, 2.24) is 0 Å². The van der Waals surface area contributed by atoms with Gasteiger partial charge in [0.25, 0.3) is 0 Å². The summed E-state index contributed by atoms with van der Waals surface area (Å²) in [7, 11) is 0. The van der Waals surface area contributed by atoms with E-state index in [4.69, 9.17) is 5.41 Å². The summed E-state index contributed by atoms with van der Waals surface area (Å²) in [6.45, 7) is 1.96. The Hall–Kier alpha value is 0.880. The molecule has 0 heterocycles. The molecule has 1 N–H and O–H groups in total. The van der Waals surface area contributed by atoms with Crippen LogP contribution in [0.3, 0.4) is 0 Å². The summed E-state index contributed by atoms with van der Waals surface area (Å²) in [5.74, 6) is 0. The summed E-state index contributed by atoms with van der Waals surface area (Å²) in [5.41, 5.74) is 0. The molecule has 1 nitrogen and oxygen atoms in total. The van der Waals surface area contributed by atoms with E-state index in [2.05, 4.69) is 38.5 Å². The summed E-state index contributed by atoms with van der Waals surface area (Å²) in [4.78, 5) is 0. The number of rotatable bonds is 1. The SMILES string of the molecule is CC(I)C(=N)Br. The fourth-order valence-electron chi connectivity index (χ4n) is 0. The molecule has 0 amide bonds. The van der Waals surface area contributed by atoms with Crippen LogP contribution in [0.5, 0.6) is 0 Å². The van der Waals surface area contributed by atoms with E-state index in [1.165, 1.54) is 0 Å². The number of halogens is 2. The van der Waals surface area contributed by atoms with Crippen LogP contribution in [0.2, 0.25) is 0 Å². The highest BCUT2D eigenvalue weighted by molar-refractivity contribution is 14.1. The number of hydrogen-bond acceptors (Lipinski definition) is 1. The summed E-state index contributed by atoms with van der Waals surface area (Å²) in [6, 6.07) is 0. The summed E-state index contributed by atoms with van der Waals surface area (Å²) < 4.78 is 0.880. The van der Waals surface area contributed by atoms with Crippen molar-refractivity contribution < 1.29 is 0 Å². The second-order valence-corrected chi connectivity index (χ2v) is 3.69. The molecular weight excluding hydrogens is 257 g/mol. The highest BCUT2D eigenvalue weighted by atomic mass is 127. The molecule has 0 rings (SSSR count). The van der Waals surface area contributed by atoms with Gasteiger partial charge in [-0.3, -0.25) is 5.41 Å². The van der Waals surface area contributed by atoms with Gasteiger partial charge in [-0.2, -0.15) is 0 Å². The second-order valence-electron chi connectivity index (χ2n) is 0.964. The van der Waals surface area contributed by atoms with E-state index in [1.807, 2.05) is 6.92 Å². The monoisotopic (exact) mass is 261 g/mol. The van der Waals surface area contributed by atoms with Gasteiger partial charge in [-0.1, -0.05) is 22.6 Å². The fraction of sp³-hybridized carbons (Fsp3) is 0.667. The van der Waals surface area contributed by atoms with Crippen LogP contribution in [-0.4, -0.2) is 8.55 Å². The molecule has 3 heteroatoms. The quantitative estimate of drug-likeness (QED) is 0.425. The van der Waals surface area contributed by atoms with Crippen molar-refractivity contribution in [3.05, 3.63) is 0 Å². The largest absolute Gasteiger partial charge is 0.297 e. The Morgan fingerprint density at radius 1 is 2.00 bits per heavy atom. The maximum atomic E-state index is 6.86. The molecule has 6 heavy (non-hydrogen) atoms. The van der Waals surface area contributed by atoms with E-state index in [9.17, 15) is 0 Å². The van der Waals surface area contributed by atoms with Crippen molar-refractivity contribution in [2.75, 3.05) is 0 Å². The van der Waals surface area contributed by atoms with Gasteiger partial charge >= 0.3 is 0 Å². The van der Waals surface area contributed by atoms with Crippen molar-refractivity contribution in [1.29, 1.82) is 5.41 Å². The molecule has 0 saturated heterocycles. The molecule has 0 aliphatic carbocycles. The number of nitrogens with one attached hydrogen (secondary N) is 1. The average molecular weight is 262 g/mol. The molecule has 0 aromatic rings. The molecule has 0 fully saturated rings. The molecule has 36 valence electrons. The van der Waals surface area contributed by atoms with Crippen LogP contribution in [0.25, 0.3) is 0 Å². The predicted octanol–water partition coefficient (Wildman–Crippen LogP) is 2.18. The Labute approximate surface area is 59.3 Å². The molecule has 1 atom stereocenters. The third-order valence-corrected chi connectivity index (χ3v) is 2.51. The molecule has 0 spiro atoms. The molecule has 0 aromatic carbocycles. The van der Waals surface area contributed by atoms with Gasteiger partial charge < -0.3 is 0 Å². The maximum Gasteiger partial charge on any atom is 0.0865 e. The molecule has 0 aliphatic heterocycles. The van der Waals surface area contributed by atoms with Crippen LogP contribution in [-0.2, 0) is 0 Å². The van der Waals surface area contributed by atoms with Crippen LogP contribution in [0.1, 0.15) is 6.92 Å². The Balaban J connectivity index is 3.26. The minimum atomic E-state index is 0.322. The van der Waals surface area contributed by atoms with E-state index in [0.29, 0.717) is 8.55 Å². The lowest BCUT2D eigenvalue weighted by Crippen LogP contribution is -1.96. The van der Waals surface area contributed by atoms with Gasteiger partial charge in [0.05, 0.1) is 8.55 Å². The van der Waals surface area contributed by atoms with Crippen LogP contribution in [0, 0.1) is 5.41 Å². The average Bonchev–Trinajstić information content (AvgIpc) is 1.36. The lowest BCUT2D eigenvalue weighted by Gasteiger charge is -1.90. The Kier molecular flexibility index (Phi) is 3.39. The van der Waals surface area contributed by atoms with Crippen molar-refractivity contribution in [3.8, 4) is 0 Å². The van der Waals surface area contributed by atoms with Crippen LogP contribution in [0.4, 0.5) is 0 Å². The standard InChI is InChI=1S/C3H5BrIN/c1-2(5)3(4)6/h2,6H,1H3. The molecule has 0 bridgehead atoms. The van der Waals surface area contributed by atoms with Crippen molar-refractivity contribution in [2.24, 2.45) is 0 Å². The maximum absolute atomic E-state index is 6.86. The fourth-order valence-corrected chi connectivity index (χ4v) is 0. The molecule has 1 unspecified atom stereocenters. The zero-order valence-electron chi connectivity index (χ0n) is 3.33. The van der Waals surface area contributed by atoms with Crippen molar-refractivity contribution in [3.63, 3.8) is 0 Å². The van der Waals surface area contributed by atoms with Crippen LogP contribution < -0.4 is 0 Å². The highest BCUT2D eigenvalue weighted by Crippen LogP contribution is 2.03. The summed E-state index contributed by atoms with van der Waals surface area (Å²) in [6.07, 6.45) is 0. The van der Waals surface area contributed by atoms with E-state index < -0.39 is 0 Å². The summed E-state index contributed by atoms with van der Waals surface area (Å²) in [5, 5.41) is 6.86. The van der Waals surface area contributed by atoms with Gasteiger partial charge in [0.1, 0.15) is 0 Å². The molecule has 0 radical (unpaired) electrons. The highest BCUT2D eigenvalue weighted by Gasteiger charge is 1.94. The van der Waals surface area contributed by atoms with E-state index in [1.54, 1.807) is 0 Å². The van der Waals surface area contributed by atoms with Crippen molar-refractivity contribution >= 4 is 43.1 Å². The zero-order chi connectivity index (χ0) is 5.15. The summed E-state index contributed by atoms with van der Waals surface area (Å²) >= 11 is 5.18. The predicted molar refractivity (Wildman–Crippen MR) is 40.1 cm³/mol. The normalized spacial score (nSPS) is 13.8. The van der Waals surface area contributed by atoms with E-state index in [0.717, 1.165) is 0 Å². The molecular formula is C3H5BrIN. The third kappa shape index (κ3) is 3.08. The first-order chi connectivity index (χ1) is 2.64. The van der Waals surface area contributed by atoms with Gasteiger partial charge in [-0.15, -0.1) is 0 Å². The molecule has 0 aromatic heterocycles. The second kappa shape index (κ2) is 2.96. The first-order valence-electron chi connectivity index (χ1n) is 1.52. The van der Waals surface area contributed by atoms with Gasteiger partial charge in [-0.05, 0) is 22.9 Å². The number of hydrogen-bond donors (Lipinski definition) is 1. The first kappa shape index (κ1) is 6.88. The lowest BCUT2D eigenvalue weighted by atomic mass is 10.6. The van der Waals surface area contributed by atoms with E-state index >= 15 is 0 Å². The molecule has 0 aliphatic rings. The van der Waals surface area contributed by atoms with Crippen LogP contribution in [0.15, 0.2) is 0 Å². The minimum Gasteiger partial charge on any atom is -0.297 e. The zero-order valence-corrected chi connectivity index (χ0v) is 7.08. The van der Waals surface area contributed by atoms with Gasteiger partial charge in [0, 0.05) is 0 Å². The van der Waals surface area contributed by atoms with Gasteiger partial charge in [0.15, 0.2) is 0 Å². The Bertz CT molecular complexity index is 61.8. The van der Waals surface area contributed by atoms with Gasteiger partial charge in [-0.25, -0.2) is 0 Å². The minimum absolute atomic E-state index is 0.322. The number of alkyl halides is 1. The smallest absolute Gasteiger partial charge is 0.0865 e. The Morgan fingerprint density at radius 2 is 2.17 bits per heavy atom. The topological polar surface area (TPSA) is 23.9 Å². The Morgan fingerprint density at radius 3 is 2.17 bits per heavy atom. The van der Waals surface area contributed by atoms with Crippen molar-refractivity contribution in [2.45, 2.75) is 10.8 Å². The molecule has 0 saturated carbocycles.